The Hall–Kier alpha value is -3.26. The summed E-state index contributed by atoms with van der Waals surface area (Å²) in [6, 6.07) is 11.1. The Balaban J connectivity index is 1.42. The normalized spacial score (nSPS) is 10.8. The maximum atomic E-state index is 12.4. The van der Waals surface area contributed by atoms with Gasteiger partial charge in [0.2, 0.25) is 0 Å². The maximum absolute atomic E-state index is 12.4. The van der Waals surface area contributed by atoms with Gasteiger partial charge in [-0.3, -0.25) is 9.89 Å². The number of nitrogens with one attached hydrogen (secondary N) is 2. The van der Waals surface area contributed by atoms with E-state index in [9.17, 15) is 4.79 Å². The van der Waals surface area contributed by atoms with E-state index in [1.807, 2.05) is 42.1 Å². The molecule has 2 N–H and O–H groups in total. The molecule has 26 heavy (non-hydrogen) atoms. The van der Waals surface area contributed by atoms with Crippen LogP contribution in [0.25, 0.3) is 11.3 Å². The fourth-order valence-electron chi connectivity index (χ4n) is 2.36. The fraction of sp³-hybridized carbons (Fsp3) is 0.0556. The van der Waals surface area contributed by atoms with Crippen LogP contribution in [0.2, 0.25) is 0 Å². The molecule has 0 radical (unpaired) electrons. The van der Waals surface area contributed by atoms with E-state index in [1.165, 1.54) is 0 Å². The summed E-state index contributed by atoms with van der Waals surface area (Å²) in [7, 11) is 1.95. The highest BCUT2D eigenvalue weighted by Gasteiger charge is 2.12. The molecule has 0 aliphatic rings. The quantitative estimate of drug-likeness (QED) is 0.561. The number of hydrogen-bond acceptors (Lipinski definition) is 5. The molecule has 4 aromatic rings. The van der Waals surface area contributed by atoms with Gasteiger partial charge in [-0.25, -0.2) is 4.98 Å². The zero-order valence-electron chi connectivity index (χ0n) is 13.8. The first-order valence-electron chi connectivity index (χ1n) is 7.83. The Morgan fingerprint density at radius 1 is 1.27 bits per heavy atom. The molecule has 0 spiro atoms. The smallest absolute Gasteiger partial charge is 0.273 e. The number of benzene rings is 1. The van der Waals surface area contributed by atoms with Crippen LogP contribution in [0.3, 0.4) is 0 Å². The third-order valence-corrected chi connectivity index (χ3v) is 4.82. The van der Waals surface area contributed by atoms with Crippen molar-refractivity contribution in [2.24, 2.45) is 7.05 Å². The largest absolute Gasteiger partial charge is 0.472 e. The van der Waals surface area contributed by atoms with Crippen LogP contribution in [0.1, 0.15) is 10.5 Å². The Morgan fingerprint density at radius 2 is 2.12 bits per heavy atom. The first-order chi connectivity index (χ1) is 12.7. The molecule has 0 bridgehead atoms. The summed E-state index contributed by atoms with van der Waals surface area (Å²) < 4.78 is 6.98. The first-order valence-corrected chi connectivity index (χ1v) is 8.65. The van der Waals surface area contributed by atoms with Crippen LogP contribution < -0.4 is 5.32 Å². The van der Waals surface area contributed by atoms with Crippen molar-refractivity contribution in [1.82, 2.24) is 19.7 Å². The maximum Gasteiger partial charge on any atom is 0.273 e. The number of amides is 1. The van der Waals surface area contributed by atoms with E-state index >= 15 is 0 Å². The Morgan fingerprint density at radius 3 is 2.81 bits per heavy atom. The Labute approximate surface area is 153 Å². The molecule has 7 nitrogen and oxygen atoms in total. The van der Waals surface area contributed by atoms with Gasteiger partial charge in [-0.2, -0.15) is 5.10 Å². The van der Waals surface area contributed by atoms with Crippen LogP contribution >= 0.6 is 11.8 Å². The summed E-state index contributed by atoms with van der Waals surface area (Å²) in [6.45, 7) is 0. The van der Waals surface area contributed by atoms with Crippen molar-refractivity contribution in [3.05, 3.63) is 67.0 Å². The zero-order valence-corrected chi connectivity index (χ0v) is 14.7. The Kier molecular flexibility index (Phi) is 4.32. The second-order valence-electron chi connectivity index (χ2n) is 5.58. The molecule has 1 amide bonds. The van der Waals surface area contributed by atoms with Crippen molar-refractivity contribution >= 4 is 23.4 Å². The molecule has 3 heterocycles. The highest BCUT2D eigenvalue weighted by atomic mass is 32.2. The summed E-state index contributed by atoms with van der Waals surface area (Å²) >= 11 is 1.56. The van der Waals surface area contributed by atoms with Crippen molar-refractivity contribution < 1.29 is 9.21 Å². The molecule has 8 heteroatoms. The van der Waals surface area contributed by atoms with Gasteiger partial charge in [0, 0.05) is 35.6 Å². The molecule has 0 unspecified atom stereocenters. The lowest BCUT2D eigenvalue weighted by Gasteiger charge is -2.05. The number of hydrogen-bond donors (Lipinski definition) is 2. The minimum atomic E-state index is -0.253. The number of imidazole rings is 1. The molecule has 0 aliphatic carbocycles. The number of aromatic nitrogens is 4. The van der Waals surface area contributed by atoms with Crippen LogP contribution in [-0.4, -0.2) is 25.7 Å². The highest BCUT2D eigenvalue weighted by molar-refractivity contribution is 7.99. The molecule has 0 saturated carbocycles. The summed E-state index contributed by atoms with van der Waals surface area (Å²) in [5.74, 6) is -0.253. The molecule has 1 aromatic carbocycles. The number of aryl methyl sites for hydroxylation is 1. The number of nitrogens with zero attached hydrogens (tertiary/aromatic N) is 3. The molecule has 0 aliphatic heterocycles. The van der Waals surface area contributed by atoms with Crippen LogP contribution in [0.15, 0.2) is 75.8 Å². The van der Waals surface area contributed by atoms with Gasteiger partial charge in [0.1, 0.15) is 5.69 Å². The van der Waals surface area contributed by atoms with Crippen molar-refractivity contribution in [2.45, 2.75) is 10.1 Å². The average molecular weight is 365 g/mol. The monoisotopic (exact) mass is 365 g/mol. The standard InChI is InChI=1S/C18H15N5O2S/c1-23-8-7-19-18(23)26-14-4-2-13(3-5-14)20-17(24)16-10-15(21-22-16)12-6-9-25-11-12/h2-11H,1H3,(H,20,24)(H,21,22). The second kappa shape index (κ2) is 6.93. The molecule has 4 rings (SSSR count). The van der Waals surface area contributed by atoms with Crippen molar-refractivity contribution in [3.63, 3.8) is 0 Å². The molecule has 130 valence electrons. The van der Waals surface area contributed by atoms with Gasteiger partial charge in [-0.05, 0) is 36.4 Å². The van der Waals surface area contributed by atoms with Crippen LogP contribution in [-0.2, 0) is 7.05 Å². The van der Waals surface area contributed by atoms with Gasteiger partial charge < -0.3 is 14.3 Å². The number of H-pyrrole nitrogens is 1. The molecule has 3 aromatic heterocycles. The Bertz CT molecular complexity index is 1020. The first kappa shape index (κ1) is 16.2. The van der Waals surface area contributed by atoms with Crippen molar-refractivity contribution in [3.8, 4) is 11.3 Å². The van der Waals surface area contributed by atoms with E-state index in [1.54, 1.807) is 42.6 Å². The van der Waals surface area contributed by atoms with Gasteiger partial charge in [0.05, 0.1) is 18.2 Å². The van der Waals surface area contributed by atoms with Crippen molar-refractivity contribution in [2.75, 3.05) is 5.32 Å². The number of carbonyl (C=O) groups excluding carboxylic acids is 1. The summed E-state index contributed by atoms with van der Waals surface area (Å²) in [6.07, 6.45) is 6.81. The number of rotatable bonds is 5. The van der Waals surface area contributed by atoms with E-state index < -0.39 is 0 Å². The second-order valence-corrected chi connectivity index (χ2v) is 6.62. The van der Waals surface area contributed by atoms with Crippen molar-refractivity contribution in [1.29, 1.82) is 0 Å². The molecule has 0 atom stereocenters. The fourth-order valence-corrected chi connectivity index (χ4v) is 3.16. The predicted octanol–water partition coefficient (Wildman–Crippen LogP) is 3.81. The lowest BCUT2D eigenvalue weighted by atomic mass is 10.2. The average Bonchev–Trinajstić information content (AvgIpc) is 3.38. The third kappa shape index (κ3) is 3.40. The van der Waals surface area contributed by atoms with E-state index in [-0.39, 0.29) is 5.91 Å². The lowest BCUT2D eigenvalue weighted by Crippen LogP contribution is -2.12. The highest BCUT2D eigenvalue weighted by Crippen LogP contribution is 2.27. The van der Waals surface area contributed by atoms with Gasteiger partial charge in [-0.1, -0.05) is 11.8 Å². The molecule has 0 fully saturated rings. The number of aromatic amines is 1. The van der Waals surface area contributed by atoms with Crippen LogP contribution in [0, 0.1) is 0 Å². The van der Waals surface area contributed by atoms with Gasteiger partial charge in [0.25, 0.3) is 5.91 Å². The topological polar surface area (TPSA) is 88.7 Å². The van der Waals surface area contributed by atoms with Crippen LogP contribution in [0.4, 0.5) is 5.69 Å². The van der Waals surface area contributed by atoms with E-state index in [0.717, 1.165) is 15.6 Å². The van der Waals surface area contributed by atoms with Gasteiger partial charge in [-0.15, -0.1) is 0 Å². The number of anilines is 1. The lowest BCUT2D eigenvalue weighted by molar-refractivity contribution is 0.102. The SMILES string of the molecule is Cn1ccnc1Sc1ccc(NC(=O)c2cc(-c3ccoc3)n[nH]2)cc1. The molecular weight excluding hydrogens is 350 g/mol. The molecule has 0 saturated heterocycles. The van der Waals surface area contributed by atoms with Gasteiger partial charge >= 0.3 is 0 Å². The summed E-state index contributed by atoms with van der Waals surface area (Å²) in [5, 5.41) is 10.6. The summed E-state index contributed by atoms with van der Waals surface area (Å²) in [5.41, 5.74) is 2.56. The van der Waals surface area contributed by atoms with Crippen LogP contribution in [0.5, 0.6) is 0 Å². The van der Waals surface area contributed by atoms with Gasteiger partial charge in [0.15, 0.2) is 5.16 Å². The van der Waals surface area contributed by atoms with E-state index in [0.29, 0.717) is 17.1 Å². The van der Waals surface area contributed by atoms with E-state index in [2.05, 4.69) is 20.5 Å². The number of carbonyl (C=O) groups is 1. The number of furan rings is 1. The summed E-state index contributed by atoms with van der Waals surface area (Å²) in [4.78, 5) is 17.7. The minimum absolute atomic E-state index is 0.253. The minimum Gasteiger partial charge on any atom is -0.472 e. The molecular formula is C18H15N5O2S. The van der Waals surface area contributed by atoms with E-state index in [4.69, 9.17) is 4.42 Å². The zero-order chi connectivity index (χ0) is 17.9. The predicted molar refractivity (Wildman–Crippen MR) is 98.0 cm³/mol. The third-order valence-electron chi connectivity index (χ3n) is 3.74.